The highest BCUT2D eigenvalue weighted by Gasteiger charge is 2.40. The van der Waals surface area contributed by atoms with E-state index in [4.69, 9.17) is 4.74 Å². The molecule has 36 heavy (non-hydrogen) atoms. The van der Waals surface area contributed by atoms with Gasteiger partial charge < -0.3 is 9.64 Å². The summed E-state index contributed by atoms with van der Waals surface area (Å²) in [6.45, 7) is -0.111. The van der Waals surface area contributed by atoms with Crippen LogP contribution in [0, 0.1) is 5.82 Å². The number of nitrogens with one attached hydrogen (secondary N) is 1. The second-order valence-electron chi connectivity index (χ2n) is 8.53. The number of anilines is 1. The van der Waals surface area contributed by atoms with E-state index in [1.165, 1.54) is 29.1 Å². The molecule has 0 aliphatic carbocycles. The third kappa shape index (κ3) is 4.28. The number of imide groups is 1. The summed E-state index contributed by atoms with van der Waals surface area (Å²) >= 11 is 0. The number of halogens is 1. The predicted molar refractivity (Wildman–Crippen MR) is 127 cm³/mol. The third-order valence-corrected chi connectivity index (χ3v) is 6.26. The van der Waals surface area contributed by atoms with Gasteiger partial charge in [0.25, 0.3) is 5.91 Å². The van der Waals surface area contributed by atoms with Crippen LogP contribution in [-0.4, -0.2) is 46.8 Å². The van der Waals surface area contributed by atoms with Crippen molar-refractivity contribution in [3.63, 3.8) is 0 Å². The minimum absolute atomic E-state index is 0.0130. The van der Waals surface area contributed by atoms with E-state index in [-0.39, 0.29) is 36.3 Å². The first-order valence-corrected chi connectivity index (χ1v) is 11.3. The lowest BCUT2D eigenvalue weighted by atomic mass is 10.0. The number of carbonyl (C=O) groups is 4. The number of hydrogen-bond acceptors (Lipinski definition) is 6. The molecule has 2 aromatic carbocycles. The highest BCUT2D eigenvalue weighted by molar-refractivity contribution is 6.05. The van der Waals surface area contributed by atoms with E-state index in [2.05, 4.69) is 10.3 Å². The quantitative estimate of drug-likeness (QED) is 0.565. The standard InChI is InChI=1S/C26H21FN4O5/c1-30(16-7-8-21(28-13-16)15-5-3-2-4-6-15)26(35)36-17-11-18-19(20(27)12-17)14-31(25(18)34)22-9-10-23(32)29-24(22)33/h2-8,11-13,22H,9-10,14H2,1H3,(H,29,32,33). The van der Waals surface area contributed by atoms with Crippen molar-refractivity contribution in [1.82, 2.24) is 15.2 Å². The maximum absolute atomic E-state index is 14.9. The van der Waals surface area contributed by atoms with E-state index in [1.54, 1.807) is 12.1 Å². The maximum Gasteiger partial charge on any atom is 0.419 e. The fourth-order valence-electron chi connectivity index (χ4n) is 4.29. The van der Waals surface area contributed by atoms with Gasteiger partial charge in [-0.15, -0.1) is 0 Å². The highest BCUT2D eigenvalue weighted by atomic mass is 19.1. The largest absolute Gasteiger partial charge is 0.419 e. The molecule has 9 nitrogen and oxygen atoms in total. The first-order chi connectivity index (χ1) is 17.3. The van der Waals surface area contributed by atoms with Crippen LogP contribution in [0.4, 0.5) is 14.9 Å². The molecular formula is C26H21FN4O5. The fourth-order valence-corrected chi connectivity index (χ4v) is 4.29. The van der Waals surface area contributed by atoms with Gasteiger partial charge in [0.05, 0.1) is 29.7 Å². The summed E-state index contributed by atoms with van der Waals surface area (Å²) in [4.78, 5) is 56.1. The van der Waals surface area contributed by atoms with Crippen molar-refractivity contribution in [3.8, 4) is 17.0 Å². The summed E-state index contributed by atoms with van der Waals surface area (Å²) in [5.74, 6) is -2.43. The average Bonchev–Trinajstić information content (AvgIpc) is 3.21. The Hall–Kier alpha value is -4.60. The molecule has 1 saturated heterocycles. The van der Waals surface area contributed by atoms with Crippen molar-refractivity contribution < 1.29 is 28.3 Å². The Kier molecular flexibility index (Phi) is 5.93. The topological polar surface area (TPSA) is 109 Å². The maximum atomic E-state index is 14.9. The Bertz CT molecular complexity index is 1380. The first kappa shape index (κ1) is 23.2. The molecule has 182 valence electrons. The molecule has 1 fully saturated rings. The zero-order valence-corrected chi connectivity index (χ0v) is 19.2. The molecule has 0 saturated carbocycles. The Morgan fingerprint density at radius 2 is 1.92 bits per heavy atom. The van der Waals surface area contributed by atoms with Gasteiger partial charge in [-0.2, -0.15) is 0 Å². The van der Waals surface area contributed by atoms with Gasteiger partial charge in [0.2, 0.25) is 11.8 Å². The van der Waals surface area contributed by atoms with Crippen molar-refractivity contribution in [3.05, 3.63) is 77.7 Å². The molecule has 2 aliphatic rings. The number of aromatic nitrogens is 1. The van der Waals surface area contributed by atoms with Crippen molar-refractivity contribution in [2.75, 3.05) is 11.9 Å². The van der Waals surface area contributed by atoms with Crippen LogP contribution in [0.2, 0.25) is 0 Å². The monoisotopic (exact) mass is 488 g/mol. The number of amides is 4. The molecule has 1 aromatic heterocycles. The molecule has 1 N–H and O–H groups in total. The highest BCUT2D eigenvalue weighted by Crippen LogP contribution is 2.32. The smallest absolute Gasteiger partial charge is 0.410 e. The third-order valence-electron chi connectivity index (χ3n) is 6.26. The Balaban J connectivity index is 1.30. The van der Waals surface area contributed by atoms with Gasteiger partial charge in [0.15, 0.2) is 0 Å². The summed E-state index contributed by atoms with van der Waals surface area (Å²) in [5, 5.41) is 2.20. The number of nitrogens with zero attached hydrogens (tertiary/aromatic N) is 3. The second kappa shape index (κ2) is 9.21. The minimum atomic E-state index is -0.870. The van der Waals surface area contributed by atoms with Crippen LogP contribution in [-0.2, 0) is 16.1 Å². The van der Waals surface area contributed by atoms with Crippen LogP contribution in [0.5, 0.6) is 5.75 Å². The van der Waals surface area contributed by atoms with Gasteiger partial charge in [0, 0.05) is 30.7 Å². The summed E-state index contributed by atoms with van der Waals surface area (Å²) in [6, 6.07) is 14.5. The fraction of sp³-hybridized carbons (Fsp3) is 0.192. The zero-order chi connectivity index (χ0) is 25.4. The molecule has 0 spiro atoms. The Morgan fingerprint density at radius 3 is 2.61 bits per heavy atom. The lowest BCUT2D eigenvalue weighted by Crippen LogP contribution is -2.52. The molecule has 1 unspecified atom stereocenters. The number of rotatable bonds is 4. The first-order valence-electron chi connectivity index (χ1n) is 11.3. The summed E-state index contributed by atoms with van der Waals surface area (Å²) in [6.07, 6.45) is 0.982. The van der Waals surface area contributed by atoms with Crippen LogP contribution >= 0.6 is 0 Å². The van der Waals surface area contributed by atoms with Gasteiger partial charge >= 0.3 is 6.09 Å². The van der Waals surface area contributed by atoms with E-state index < -0.39 is 35.7 Å². The van der Waals surface area contributed by atoms with E-state index >= 15 is 0 Å². The molecule has 5 rings (SSSR count). The molecule has 0 radical (unpaired) electrons. The lowest BCUT2D eigenvalue weighted by Gasteiger charge is -2.29. The number of ether oxygens (including phenoxy) is 1. The number of carbonyl (C=O) groups excluding carboxylic acids is 4. The summed E-state index contributed by atoms with van der Waals surface area (Å²) < 4.78 is 20.2. The van der Waals surface area contributed by atoms with Gasteiger partial charge in [-0.3, -0.25) is 29.6 Å². The molecule has 0 bridgehead atoms. The van der Waals surface area contributed by atoms with Crippen molar-refractivity contribution in [2.45, 2.75) is 25.4 Å². The average molecular weight is 488 g/mol. The summed E-state index contributed by atoms with van der Waals surface area (Å²) in [5.41, 5.74) is 2.25. The van der Waals surface area contributed by atoms with Crippen LogP contribution in [0.3, 0.4) is 0 Å². The number of benzene rings is 2. The SMILES string of the molecule is CN(C(=O)Oc1cc(F)c2c(c1)C(=O)N(C1CCC(=O)NC1=O)C2)c1ccc(-c2ccccc2)nc1. The normalized spacial score (nSPS) is 17.0. The molecular weight excluding hydrogens is 467 g/mol. The molecule has 2 aliphatic heterocycles. The second-order valence-corrected chi connectivity index (χ2v) is 8.53. The van der Waals surface area contributed by atoms with E-state index in [0.29, 0.717) is 5.69 Å². The molecule has 3 heterocycles. The van der Waals surface area contributed by atoms with E-state index in [0.717, 1.165) is 17.3 Å². The summed E-state index contributed by atoms with van der Waals surface area (Å²) in [7, 11) is 1.49. The van der Waals surface area contributed by atoms with Crippen LogP contribution in [0.15, 0.2) is 60.8 Å². The molecule has 3 aromatic rings. The Labute approximate surface area is 205 Å². The number of pyridine rings is 1. The van der Waals surface area contributed by atoms with Gasteiger partial charge in [-0.1, -0.05) is 30.3 Å². The predicted octanol–water partition coefficient (Wildman–Crippen LogP) is 3.28. The van der Waals surface area contributed by atoms with E-state index in [1.807, 2.05) is 30.3 Å². The van der Waals surface area contributed by atoms with Crippen LogP contribution in [0.25, 0.3) is 11.3 Å². The number of piperidine rings is 1. The molecule has 4 amide bonds. The van der Waals surface area contributed by atoms with Crippen LogP contribution < -0.4 is 15.0 Å². The van der Waals surface area contributed by atoms with Crippen LogP contribution in [0.1, 0.15) is 28.8 Å². The number of hydrogen-bond donors (Lipinski definition) is 1. The van der Waals surface area contributed by atoms with Crippen molar-refractivity contribution >= 4 is 29.5 Å². The lowest BCUT2D eigenvalue weighted by molar-refractivity contribution is -0.136. The molecule has 1 atom stereocenters. The van der Waals surface area contributed by atoms with Gasteiger partial charge in [-0.05, 0) is 24.6 Å². The van der Waals surface area contributed by atoms with Crippen molar-refractivity contribution in [2.24, 2.45) is 0 Å². The van der Waals surface area contributed by atoms with E-state index in [9.17, 15) is 23.6 Å². The van der Waals surface area contributed by atoms with Crippen molar-refractivity contribution in [1.29, 1.82) is 0 Å². The number of fused-ring (bicyclic) bond motifs is 1. The minimum Gasteiger partial charge on any atom is -0.410 e. The van der Waals surface area contributed by atoms with Gasteiger partial charge in [-0.25, -0.2) is 9.18 Å². The Morgan fingerprint density at radius 1 is 1.14 bits per heavy atom. The van der Waals surface area contributed by atoms with Gasteiger partial charge in [0.1, 0.15) is 17.6 Å². The molecule has 10 heteroatoms. The zero-order valence-electron chi connectivity index (χ0n) is 19.2.